The maximum Gasteiger partial charge on any atom is 0.262 e. The second-order valence-electron chi connectivity index (χ2n) is 7.11. The van der Waals surface area contributed by atoms with Crippen molar-refractivity contribution < 1.29 is 17.9 Å². The second-order valence-corrected chi connectivity index (χ2v) is 8.79. The molecule has 0 radical (unpaired) electrons. The Bertz CT molecular complexity index is 1140. The third-order valence-electron chi connectivity index (χ3n) is 4.35. The molecule has 3 aromatic rings. The number of rotatable bonds is 7. The van der Waals surface area contributed by atoms with Crippen LogP contribution in [0.2, 0.25) is 0 Å². The van der Waals surface area contributed by atoms with Gasteiger partial charge in [-0.25, -0.2) is 8.42 Å². The highest BCUT2D eigenvalue weighted by Gasteiger charge is 2.16. The van der Waals surface area contributed by atoms with E-state index in [1.54, 1.807) is 37.3 Å². The molecule has 0 aliphatic rings. The van der Waals surface area contributed by atoms with Crippen LogP contribution in [0.3, 0.4) is 0 Å². The van der Waals surface area contributed by atoms with E-state index in [1.807, 2.05) is 38.1 Å². The van der Waals surface area contributed by atoms with Gasteiger partial charge in [0.25, 0.3) is 15.9 Å². The zero-order valence-corrected chi connectivity index (χ0v) is 17.9. The van der Waals surface area contributed by atoms with Crippen molar-refractivity contribution in [1.29, 1.82) is 0 Å². The third kappa shape index (κ3) is 5.61. The highest BCUT2D eigenvalue weighted by Crippen LogP contribution is 2.23. The number of ether oxygens (including phenoxy) is 1. The predicted molar refractivity (Wildman–Crippen MR) is 118 cm³/mol. The Morgan fingerprint density at radius 1 is 0.867 bits per heavy atom. The number of para-hydroxylation sites is 1. The van der Waals surface area contributed by atoms with Crippen molar-refractivity contribution >= 4 is 27.3 Å². The quantitative estimate of drug-likeness (QED) is 0.588. The van der Waals surface area contributed by atoms with Crippen molar-refractivity contribution in [1.82, 2.24) is 0 Å². The average molecular weight is 425 g/mol. The molecule has 0 unspecified atom stereocenters. The molecule has 0 aromatic heterocycles. The highest BCUT2D eigenvalue weighted by molar-refractivity contribution is 7.92. The smallest absolute Gasteiger partial charge is 0.262 e. The molecular formula is C23H24N2O4S. The third-order valence-corrected chi connectivity index (χ3v) is 5.73. The van der Waals surface area contributed by atoms with E-state index in [0.717, 1.165) is 11.1 Å². The van der Waals surface area contributed by atoms with Gasteiger partial charge in [-0.1, -0.05) is 24.3 Å². The summed E-state index contributed by atoms with van der Waals surface area (Å²) < 4.78 is 33.3. The topological polar surface area (TPSA) is 84.5 Å². The summed E-state index contributed by atoms with van der Waals surface area (Å²) >= 11 is 0. The van der Waals surface area contributed by atoms with Crippen LogP contribution < -0.4 is 14.8 Å². The first-order valence-electron chi connectivity index (χ1n) is 9.42. The van der Waals surface area contributed by atoms with Crippen LogP contribution in [0, 0.1) is 20.8 Å². The van der Waals surface area contributed by atoms with Crippen LogP contribution in [0.4, 0.5) is 11.4 Å². The zero-order chi connectivity index (χ0) is 21.7. The van der Waals surface area contributed by atoms with Gasteiger partial charge in [0.05, 0.1) is 4.90 Å². The van der Waals surface area contributed by atoms with Crippen LogP contribution in [0.1, 0.15) is 16.7 Å². The first-order chi connectivity index (χ1) is 14.2. The van der Waals surface area contributed by atoms with Crippen LogP contribution >= 0.6 is 0 Å². The first-order valence-corrected chi connectivity index (χ1v) is 10.9. The second kappa shape index (κ2) is 9.00. The summed E-state index contributed by atoms with van der Waals surface area (Å²) in [5.74, 6) is 0.158. The molecule has 0 atom stereocenters. The summed E-state index contributed by atoms with van der Waals surface area (Å²) in [6, 6.07) is 19.0. The van der Waals surface area contributed by atoms with E-state index in [2.05, 4.69) is 10.0 Å². The molecule has 0 saturated heterocycles. The molecule has 3 rings (SSSR count). The number of carbonyl (C=O) groups excluding carboxylic acids is 1. The van der Waals surface area contributed by atoms with Gasteiger partial charge in [-0.05, 0) is 79.9 Å². The van der Waals surface area contributed by atoms with Crippen molar-refractivity contribution in [2.75, 3.05) is 16.6 Å². The van der Waals surface area contributed by atoms with Gasteiger partial charge < -0.3 is 10.1 Å². The van der Waals surface area contributed by atoms with E-state index < -0.39 is 10.0 Å². The van der Waals surface area contributed by atoms with E-state index in [0.29, 0.717) is 22.7 Å². The lowest BCUT2D eigenvalue weighted by molar-refractivity contribution is -0.118. The van der Waals surface area contributed by atoms with Crippen molar-refractivity contribution in [3.63, 3.8) is 0 Å². The maximum atomic E-state index is 12.6. The summed E-state index contributed by atoms with van der Waals surface area (Å²) in [6.07, 6.45) is 0. The average Bonchev–Trinajstić information content (AvgIpc) is 2.66. The van der Waals surface area contributed by atoms with Gasteiger partial charge >= 0.3 is 0 Å². The monoisotopic (exact) mass is 424 g/mol. The van der Waals surface area contributed by atoms with Gasteiger partial charge in [0.2, 0.25) is 0 Å². The number of aryl methyl sites for hydroxylation is 3. The van der Waals surface area contributed by atoms with Gasteiger partial charge in [0.1, 0.15) is 5.75 Å². The number of nitrogens with one attached hydrogen (secondary N) is 2. The molecule has 0 saturated carbocycles. The highest BCUT2D eigenvalue weighted by atomic mass is 32.2. The normalized spacial score (nSPS) is 11.0. The fourth-order valence-corrected chi connectivity index (χ4v) is 4.20. The van der Waals surface area contributed by atoms with Gasteiger partial charge in [-0.3, -0.25) is 9.52 Å². The van der Waals surface area contributed by atoms with Crippen molar-refractivity contribution in [3.8, 4) is 5.75 Å². The molecule has 7 heteroatoms. The minimum Gasteiger partial charge on any atom is -0.483 e. The Hall–Kier alpha value is -3.32. The lowest BCUT2D eigenvalue weighted by atomic mass is 10.1. The summed E-state index contributed by atoms with van der Waals surface area (Å²) in [7, 11) is -3.72. The van der Waals surface area contributed by atoms with Gasteiger partial charge in [0.15, 0.2) is 6.61 Å². The number of amides is 1. The summed E-state index contributed by atoms with van der Waals surface area (Å²) in [5.41, 5.74) is 3.93. The lowest BCUT2D eigenvalue weighted by Crippen LogP contribution is -2.20. The number of carbonyl (C=O) groups is 1. The molecule has 0 bridgehead atoms. The molecule has 2 N–H and O–H groups in total. The van der Waals surface area contributed by atoms with Gasteiger partial charge in [-0.15, -0.1) is 0 Å². The zero-order valence-electron chi connectivity index (χ0n) is 17.1. The van der Waals surface area contributed by atoms with Crippen LogP contribution in [0.15, 0.2) is 71.6 Å². The first kappa shape index (κ1) is 21.4. The molecule has 0 spiro atoms. The standard InChI is InChI=1S/C23H24N2O4S/c1-16-11-17(2)13-20(12-16)24-23(26)15-29-22-10-9-21(14-18(22)3)30(27,28)25-19-7-5-4-6-8-19/h4-14,25H,15H2,1-3H3,(H,24,26). The predicted octanol–water partition coefficient (Wildman–Crippen LogP) is 4.43. The van der Waals surface area contributed by atoms with E-state index in [-0.39, 0.29) is 17.4 Å². The van der Waals surface area contributed by atoms with Crippen molar-refractivity contribution in [3.05, 3.63) is 83.4 Å². The minimum absolute atomic E-state index is 0.121. The number of hydrogen-bond donors (Lipinski definition) is 2. The van der Waals surface area contributed by atoms with E-state index >= 15 is 0 Å². The summed E-state index contributed by atoms with van der Waals surface area (Å²) in [5, 5.41) is 2.81. The molecule has 0 aliphatic heterocycles. The fourth-order valence-electron chi connectivity index (χ4n) is 3.06. The van der Waals surface area contributed by atoms with E-state index in [9.17, 15) is 13.2 Å². The molecular weight excluding hydrogens is 400 g/mol. The van der Waals surface area contributed by atoms with Crippen molar-refractivity contribution in [2.45, 2.75) is 25.7 Å². The van der Waals surface area contributed by atoms with E-state index in [1.165, 1.54) is 12.1 Å². The Morgan fingerprint density at radius 2 is 1.53 bits per heavy atom. The van der Waals surface area contributed by atoms with Crippen LogP contribution in [0.25, 0.3) is 0 Å². The van der Waals surface area contributed by atoms with Gasteiger partial charge in [0, 0.05) is 11.4 Å². The van der Waals surface area contributed by atoms with E-state index in [4.69, 9.17) is 4.74 Å². The Kier molecular flexibility index (Phi) is 6.42. The largest absolute Gasteiger partial charge is 0.483 e. The minimum atomic E-state index is -3.72. The van der Waals surface area contributed by atoms with Crippen molar-refractivity contribution in [2.24, 2.45) is 0 Å². The fraction of sp³-hybridized carbons (Fsp3) is 0.174. The molecule has 6 nitrogen and oxygen atoms in total. The Labute approximate surface area is 177 Å². The molecule has 1 amide bonds. The molecule has 0 heterocycles. The molecule has 30 heavy (non-hydrogen) atoms. The lowest BCUT2D eigenvalue weighted by Gasteiger charge is -2.13. The molecule has 156 valence electrons. The molecule has 3 aromatic carbocycles. The van der Waals surface area contributed by atoms with Gasteiger partial charge in [-0.2, -0.15) is 0 Å². The number of anilines is 2. The van der Waals surface area contributed by atoms with Crippen LogP contribution in [0.5, 0.6) is 5.75 Å². The number of hydrogen-bond acceptors (Lipinski definition) is 4. The summed E-state index contributed by atoms with van der Waals surface area (Å²) in [6.45, 7) is 5.48. The maximum absolute atomic E-state index is 12.6. The number of sulfonamides is 1. The molecule has 0 aliphatic carbocycles. The SMILES string of the molecule is Cc1cc(C)cc(NC(=O)COc2ccc(S(=O)(=O)Nc3ccccc3)cc2C)c1. The summed E-state index contributed by atoms with van der Waals surface area (Å²) in [4.78, 5) is 12.3. The molecule has 0 fully saturated rings. The van der Waals surface area contributed by atoms with Crippen LogP contribution in [-0.4, -0.2) is 20.9 Å². The number of benzene rings is 3. The van der Waals surface area contributed by atoms with Crippen LogP contribution in [-0.2, 0) is 14.8 Å². The Balaban J connectivity index is 1.64. The Morgan fingerprint density at radius 3 is 2.17 bits per heavy atom.